The van der Waals surface area contributed by atoms with Gasteiger partial charge in [-0.3, -0.25) is 4.79 Å². The SMILES string of the molecule is Cc1occc1C(=O)N1CCN(c2ncc3c(c2C#N)CCOC3C(C)C)CC1. The van der Waals surface area contributed by atoms with Gasteiger partial charge in [0.25, 0.3) is 5.91 Å². The number of hydrogen-bond donors (Lipinski definition) is 0. The molecule has 2 aromatic rings. The lowest BCUT2D eigenvalue weighted by atomic mass is 9.90. The lowest BCUT2D eigenvalue weighted by Crippen LogP contribution is -2.49. The highest BCUT2D eigenvalue weighted by atomic mass is 16.5. The maximum atomic E-state index is 12.7. The van der Waals surface area contributed by atoms with E-state index in [1.165, 1.54) is 0 Å². The molecule has 2 aliphatic heterocycles. The summed E-state index contributed by atoms with van der Waals surface area (Å²) in [5, 5.41) is 9.89. The van der Waals surface area contributed by atoms with Crippen molar-refractivity contribution in [2.75, 3.05) is 37.7 Å². The average molecular weight is 394 g/mol. The van der Waals surface area contributed by atoms with Crippen molar-refractivity contribution in [3.05, 3.63) is 46.5 Å². The van der Waals surface area contributed by atoms with Crippen LogP contribution in [0.4, 0.5) is 5.82 Å². The number of ether oxygens (including phenoxy) is 1. The first kappa shape index (κ1) is 19.5. The number of aromatic nitrogens is 1. The van der Waals surface area contributed by atoms with Crippen molar-refractivity contribution in [2.24, 2.45) is 5.92 Å². The predicted octanol–water partition coefficient (Wildman–Crippen LogP) is 3.09. The minimum absolute atomic E-state index is 0.00766. The van der Waals surface area contributed by atoms with E-state index in [0.717, 1.165) is 23.4 Å². The summed E-state index contributed by atoms with van der Waals surface area (Å²) in [6.45, 7) is 9.14. The largest absolute Gasteiger partial charge is 0.469 e. The summed E-state index contributed by atoms with van der Waals surface area (Å²) in [4.78, 5) is 21.3. The van der Waals surface area contributed by atoms with E-state index < -0.39 is 0 Å². The number of amides is 1. The zero-order valence-electron chi connectivity index (χ0n) is 17.1. The number of carbonyl (C=O) groups excluding carboxylic acids is 1. The van der Waals surface area contributed by atoms with Crippen LogP contribution in [0.5, 0.6) is 0 Å². The van der Waals surface area contributed by atoms with Crippen LogP contribution in [0.25, 0.3) is 0 Å². The van der Waals surface area contributed by atoms with Crippen molar-refractivity contribution in [1.82, 2.24) is 9.88 Å². The van der Waals surface area contributed by atoms with Gasteiger partial charge in [-0.2, -0.15) is 5.26 Å². The van der Waals surface area contributed by atoms with Gasteiger partial charge < -0.3 is 19.0 Å². The van der Waals surface area contributed by atoms with Gasteiger partial charge in [0.05, 0.1) is 30.1 Å². The third-order valence-corrected chi connectivity index (χ3v) is 5.83. The molecule has 2 aliphatic rings. The molecule has 0 N–H and O–H groups in total. The minimum atomic E-state index is -0.0138. The molecule has 1 unspecified atom stereocenters. The molecule has 0 saturated carbocycles. The summed E-state index contributed by atoms with van der Waals surface area (Å²) in [6.07, 6.45) is 4.14. The number of piperazine rings is 1. The van der Waals surface area contributed by atoms with Crippen LogP contribution in [0.15, 0.2) is 22.9 Å². The molecule has 1 amide bonds. The van der Waals surface area contributed by atoms with E-state index in [1.807, 2.05) is 11.1 Å². The Hall–Kier alpha value is -2.85. The molecule has 0 bridgehead atoms. The van der Waals surface area contributed by atoms with Crippen molar-refractivity contribution in [3.8, 4) is 6.07 Å². The van der Waals surface area contributed by atoms with E-state index in [1.54, 1.807) is 19.3 Å². The molecule has 4 rings (SSSR count). The topological polar surface area (TPSA) is 82.6 Å². The third-order valence-electron chi connectivity index (χ3n) is 5.83. The Bertz CT molecular complexity index is 951. The molecule has 7 nitrogen and oxygen atoms in total. The molecule has 152 valence electrons. The summed E-state index contributed by atoms with van der Waals surface area (Å²) in [5.41, 5.74) is 3.37. The standard InChI is InChI=1S/C22H26N4O3/c1-14(2)20-19-13-24-21(18(12-23)17(19)5-11-29-20)25-6-8-26(9-7-25)22(27)16-4-10-28-15(16)3/h4,10,13-14,20H,5-9,11H2,1-3H3. The van der Waals surface area contributed by atoms with E-state index in [2.05, 4.69) is 29.8 Å². The highest BCUT2D eigenvalue weighted by Gasteiger charge is 2.31. The van der Waals surface area contributed by atoms with Gasteiger partial charge in [0.1, 0.15) is 17.6 Å². The molecular formula is C22H26N4O3. The molecule has 4 heterocycles. The fraction of sp³-hybridized carbons (Fsp3) is 0.500. The van der Waals surface area contributed by atoms with Crippen LogP contribution >= 0.6 is 0 Å². The smallest absolute Gasteiger partial charge is 0.257 e. The molecule has 0 aromatic carbocycles. The monoisotopic (exact) mass is 394 g/mol. The van der Waals surface area contributed by atoms with Crippen LogP contribution < -0.4 is 4.90 Å². The maximum Gasteiger partial charge on any atom is 0.257 e. The normalized spacial score (nSPS) is 19.2. The first-order valence-electron chi connectivity index (χ1n) is 10.1. The predicted molar refractivity (Wildman–Crippen MR) is 108 cm³/mol. The first-order valence-corrected chi connectivity index (χ1v) is 10.1. The summed E-state index contributed by atoms with van der Waals surface area (Å²) in [5.74, 6) is 1.69. The zero-order chi connectivity index (χ0) is 20.5. The average Bonchev–Trinajstić information content (AvgIpc) is 3.17. The number of aryl methyl sites for hydroxylation is 1. The number of nitriles is 1. The number of nitrogens with zero attached hydrogens (tertiary/aromatic N) is 4. The minimum Gasteiger partial charge on any atom is -0.469 e. The van der Waals surface area contributed by atoms with Gasteiger partial charge in [-0.25, -0.2) is 4.98 Å². The van der Waals surface area contributed by atoms with E-state index in [-0.39, 0.29) is 12.0 Å². The van der Waals surface area contributed by atoms with Gasteiger partial charge in [0, 0.05) is 37.9 Å². The Morgan fingerprint density at radius 2 is 2.07 bits per heavy atom. The highest BCUT2D eigenvalue weighted by molar-refractivity contribution is 5.95. The van der Waals surface area contributed by atoms with E-state index in [4.69, 9.17) is 9.15 Å². The number of hydrogen-bond acceptors (Lipinski definition) is 6. The van der Waals surface area contributed by atoms with Crippen molar-refractivity contribution < 1.29 is 13.9 Å². The Morgan fingerprint density at radius 3 is 2.69 bits per heavy atom. The fourth-order valence-electron chi connectivity index (χ4n) is 4.25. The summed E-state index contributed by atoms with van der Waals surface area (Å²) in [7, 11) is 0. The van der Waals surface area contributed by atoms with Crippen LogP contribution in [0.2, 0.25) is 0 Å². The van der Waals surface area contributed by atoms with E-state index in [0.29, 0.717) is 55.6 Å². The van der Waals surface area contributed by atoms with Crippen molar-refractivity contribution in [2.45, 2.75) is 33.3 Å². The number of fused-ring (bicyclic) bond motifs is 1. The van der Waals surface area contributed by atoms with Crippen molar-refractivity contribution >= 4 is 11.7 Å². The third kappa shape index (κ3) is 3.49. The molecule has 1 saturated heterocycles. The van der Waals surface area contributed by atoms with Crippen LogP contribution in [-0.2, 0) is 11.2 Å². The Morgan fingerprint density at radius 1 is 1.31 bits per heavy atom. The van der Waals surface area contributed by atoms with Crippen LogP contribution in [0, 0.1) is 24.2 Å². The molecule has 29 heavy (non-hydrogen) atoms. The second-order valence-electron chi connectivity index (χ2n) is 7.96. The lowest BCUT2D eigenvalue weighted by Gasteiger charge is -2.37. The van der Waals surface area contributed by atoms with Crippen molar-refractivity contribution in [3.63, 3.8) is 0 Å². The number of furan rings is 1. The number of anilines is 1. The zero-order valence-corrected chi connectivity index (χ0v) is 17.1. The summed E-state index contributed by atoms with van der Waals surface area (Å²) < 4.78 is 11.2. The molecule has 0 spiro atoms. The number of rotatable bonds is 3. The van der Waals surface area contributed by atoms with Gasteiger partial charge in [-0.05, 0) is 30.9 Å². The molecule has 0 radical (unpaired) electrons. The molecule has 1 atom stereocenters. The molecule has 0 aliphatic carbocycles. The van der Waals surface area contributed by atoms with Crippen LogP contribution in [-0.4, -0.2) is 48.6 Å². The van der Waals surface area contributed by atoms with Crippen LogP contribution in [0.1, 0.15) is 52.8 Å². The fourth-order valence-corrected chi connectivity index (χ4v) is 4.25. The quantitative estimate of drug-likeness (QED) is 0.796. The molecule has 1 fully saturated rings. The van der Waals surface area contributed by atoms with Crippen LogP contribution in [0.3, 0.4) is 0 Å². The summed E-state index contributed by atoms with van der Waals surface area (Å²) in [6, 6.07) is 4.11. The lowest BCUT2D eigenvalue weighted by molar-refractivity contribution is 0.0110. The van der Waals surface area contributed by atoms with Gasteiger partial charge in [0.15, 0.2) is 0 Å². The Kier molecular flexibility index (Phi) is 5.29. The highest BCUT2D eigenvalue weighted by Crippen LogP contribution is 2.36. The van der Waals surface area contributed by atoms with E-state index in [9.17, 15) is 10.1 Å². The number of pyridine rings is 1. The first-order chi connectivity index (χ1) is 14.0. The molecule has 2 aromatic heterocycles. The van der Waals surface area contributed by atoms with Gasteiger partial charge >= 0.3 is 0 Å². The molecular weight excluding hydrogens is 368 g/mol. The van der Waals surface area contributed by atoms with Gasteiger partial charge in [-0.1, -0.05) is 13.8 Å². The van der Waals surface area contributed by atoms with Gasteiger partial charge in [-0.15, -0.1) is 0 Å². The molecule has 7 heteroatoms. The second kappa shape index (κ2) is 7.88. The second-order valence-corrected chi connectivity index (χ2v) is 7.96. The Balaban J connectivity index is 1.54. The Labute approximate surface area is 170 Å². The van der Waals surface area contributed by atoms with E-state index >= 15 is 0 Å². The van der Waals surface area contributed by atoms with Gasteiger partial charge in [0.2, 0.25) is 0 Å². The summed E-state index contributed by atoms with van der Waals surface area (Å²) >= 11 is 0. The number of carbonyl (C=O) groups is 1. The van der Waals surface area contributed by atoms with Crippen molar-refractivity contribution in [1.29, 1.82) is 5.26 Å². The maximum absolute atomic E-state index is 12.7.